The molecule has 0 radical (unpaired) electrons. The van der Waals surface area contributed by atoms with Gasteiger partial charge in [-0.3, -0.25) is 0 Å². The van der Waals surface area contributed by atoms with E-state index in [1.54, 1.807) is 0 Å². The molecule has 1 fully saturated rings. The Kier molecular flexibility index (Phi) is 5.24. The lowest BCUT2D eigenvalue weighted by Gasteiger charge is -2.50. The molecular weight excluding hydrogens is 339 g/mol. The molecule has 0 spiro atoms. The van der Waals surface area contributed by atoms with E-state index < -0.39 is 6.15 Å². The van der Waals surface area contributed by atoms with Crippen LogP contribution < -0.4 is 16.4 Å². The number of hydrogen-bond acceptors (Lipinski definition) is 2. The van der Waals surface area contributed by atoms with E-state index >= 15 is 0 Å². The van der Waals surface area contributed by atoms with Gasteiger partial charge in [-0.1, -0.05) is 95.5 Å². The van der Waals surface area contributed by atoms with Gasteiger partial charge in [-0.15, -0.1) is 0 Å². The highest BCUT2D eigenvalue weighted by atomic mass is 32.2. The Morgan fingerprint density at radius 2 is 0.920 bits per heavy atom. The van der Waals surface area contributed by atoms with Gasteiger partial charge in [0.2, 0.25) is 0 Å². The van der Waals surface area contributed by atoms with Crippen molar-refractivity contribution in [3.05, 3.63) is 91.0 Å². The van der Waals surface area contributed by atoms with Crippen LogP contribution in [0.15, 0.2) is 91.0 Å². The smallest absolute Gasteiger partial charge is 0.104 e. The maximum Gasteiger partial charge on any atom is 0.104 e. The summed E-state index contributed by atoms with van der Waals surface area (Å²) in [5.41, 5.74) is 4.35. The predicted molar refractivity (Wildman–Crippen MR) is 117 cm³/mol. The molecule has 1 aliphatic heterocycles. The van der Waals surface area contributed by atoms with Crippen molar-refractivity contribution in [3.8, 4) is 0 Å². The van der Waals surface area contributed by atoms with Crippen LogP contribution in [0.3, 0.4) is 0 Å². The summed E-state index contributed by atoms with van der Waals surface area (Å²) in [5.74, 6) is 2.52. The molecule has 0 aliphatic carbocycles. The molecule has 0 nitrogen and oxygen atoms in total. The van der Waals surface area contributed by atoms with Crippen LogP contribution in [0.4, 0.5) is 0 Å². The van der Waals surface area contributed by atoms with Crippen LogP contribution in [0.25, 0.3) is 0 Å². The van der Waals surface area contributed by atoms with E-state index in [-0.39, 0.29) is 0 Å². The van der Waals surface area contributed by atoms with Gasteiger partial charge in [-0.25, -0.2) is 0 Å². The molecule has 0 amide bonds. The molecule has 0 aromatic heterocycles. The standard InChI is InChI=1S/C22H22BS2/c1-4-11-19(12-5-1)23(20-13-6-2-7-14-20,21-15-8-3-9-16-21)22-24-17-10-18-25-22/h1-9,11-16,22H,10,17-18H2/q-1. The second-order valence-corrected chi connectivity index (χ2v) is 9.43. The van der Waals surface area contributed by atoms with Gasteiger partial charge in [0, 0.05) is 0 Å². The first-order valence-electron chi connectivity index (χ1n) is 8.98. The first-order chi connectivity index (χ1) is 12.4. The average Bonchev–Trinajstić information content (AvgIpc) is 2.72. The summed E-state index contributed by atoms with van der Waals surface area (Å²) >= 11 is 4.29. The molecule has 0 unspecified atom stereocenters. The summed E-state index contributed by atoms with van der Waals surface area (Å²) < 4.78 is 0.543. The van der Waals surface area contributed by atoms with Crippen LogP contribution in [0.1, 0.15) is 6.42 Å². The van der Waals surface area contributed by atoms with Crippen molar-refractivity contribution in [2.75, 3.05) is 11.5 Å². The summed E-state index contributed by atoms with van der Waals surface area (Å²) in [6, 6.07) is 33.5. The molecule has 1 saturated heterocycles. The maximum absolute atomic E-state index is 2.33. The fourth-order valence-corrected chi connectivity index (χ4v) is 7.87. The molecule has 3 aromatic rings. The van der Waals surface area contributed by atoms with Gasteiger partial charge >= 0.3 is 0 Å². The molecule has 0 N–H and O–H groups in total. The Morgan fingerprint density at radius 1 is 0.560 bits per heavy atom. The van der Waals surface area contributed by atoms with Gasteiger partial charge in [0.25, 0.3) is 0 Å². The zero-order chi connectivity index (χ0) is 17.0. The van der Waals surface area contributed by atoms with E-state index in [1.807, 2.05) is 0 Å². The summed E-state index contributed by atoms with van der Waals surface area (Å²) in [5, 5.41) is 0. The molecule has 0 atom stereocenters. The third kappa shape index (κ3) is 3.16. The maximum atomic E-state index is 2.33. The van der Waals surface area contributed by atoms with Crippen LogP contribution in [-0.4, -0.2) is 22.1 Å². The summed E-state index contributed by atoms with van der Waals surface area (Å²) in [4.78, 5) is 0. The largest absolute Gasteiger partial charge is 0.198 e. The number of benzene rings is 3. The molecule has 1 aliphatic rings. The van der Waals surface area contributed by atoms with Crippen LogP contribution in [0.2, 0.25) is 0 Å². The van der Waals surface area contributed by atoms with E-state index in [1.165, 1.54) is 34.3 Å². The SMILES string of the molecule is c1ccc([B-](c2ccccc2)(c2ccccc2)C2SCCCS2)cc1. The van der Waals surface area contributed by atoms with Gasteiger partial charge in [-0.05, 0) is 17.9 Å². The minimum atomic E-state index is -1.01. The molecule has 25 heavy (non-hydrogen) atoms. The van der Waals surface area contributed by atoms with Crippen LogP contribution in [-0.2, 0) is 0 Å². The monoisotopic (exact) mass is 361 g/mol. The lowest BCUT2D eigenvalue weighted by molar-refractivity contribution is 1.11. The molecule has 1 heterocycles. The minimum absolute atomic E-state index is 0.543. The predicted octanol–water partition coefficient (Wildman–Crippen LogP) is 3.89. The average molecular weight is 361 g/mol. The Labute approximate surface area is 159 Å². The zero-order valence-corrected chi connectivity index (χ0v) is 15.9. The Hall–Kier alpha value is -1.58. The van der Waals surface area contributed by atoms with Crippen molar-refractivity contribution in [1.82, 2.24) is 0 Å². The fraction of sp³-hybridized carbons (Fsp3) is 0.182. The second-order valence-electron chi connectivity index (χ2n) is 6.63. The summed E-state index contributed by atoms with van der Waals surface area (Å²) in [6.45, 7) is 0. The van der Waals surface area contributed by atoms with Crippen molar-refractivity contribution < 1.29 is 0 Å². The summed E-state index contributed by atoms with van der Waals surface area (Å²) in [7, 11) is 0. The number of thioether (sulfide) groups is 2. The highest BCUT2D eigenvalue weighted by molar-refractivity contribution is 8.20. The molecule has 3 aromatic carbocycles. The van der Waals surface area contributed by atoms with E-state index in [9.17, 15) is 0 Å². The lowest BCUT2D eigenvalue weighted by atomic mass is 9.16. The van der Waals surface area contributed by atoms with E-state index in [0.29, 0.717) is 4.48 Å². The normalized spacial score (nSPS) is 15.8. The Bertz CT molecular complexity index is 687. The molecule has 0 bridgehead atoms. The van der Waals surface area contributed by atoms with Gasteiger partial charge in [-0.2, -0.15) is 39.9 Å². The topological polar surface area (TPSA) is 0 Å². The van der Waals surface area contributed by atoms with Crippen molar-refractivity contribution >= 4 is 46.1 Å². The second kappa shape index (κ2) is 7.76. The highest BCUT2D eigenvalue weighted by Gasteiger charge is 2.38. The summed E-state index contributed by atoms with van der Waals surface area (Å²) in [6.07, 6.45) is 0.303. The van der Waals surface area contributed by atoms with E-state index in [2.05, 4.69) is 115 Å². The first kappa shape index (κ1) is 16.9. The quantitative estimate of drug-likeness (QED) is 0.647. The van der Waals surface area contributed by atoms with Crippen molar-refractivity contribution in [1.29, 1.82) is 0 Å². The van der Waals surface area contributed by atoms with Gasteiger partial charge in [0.05, 0.1) is 0 Å². The van der Waals surface area contributed by atoms with Gasteiger partial charge in [0.1, 0.15) is 6.15 Å². The minimum Gasteiger partial charge on any atom is -0.198 e. The van der Waals surface area contributed by atoms with E-state index in [0.717, 1.165) is 0 Å². The molecule has 0 saturated carbocycles. The Morgan fingerprint density at radius 3 is 1.28 bits per heavy atom. The van der Waals surface area contributed by atoms with E-state index in [4.69, 9.17) is 0 Å². The molecule has 126 valence electrons. The van der Waals surface area contributed by atoms with Crippen LogP contribution in [0.5, 0.6) is 0 Å². The molecular formula is C22H22BS2-. The van der Waals surface area contributed by atoms with Gasteiger partial charge in [0.15, 0.2) is 0 Å². The highest BCUT2D eigenvalue weighted by Crippen LogP contribution is 2.37. The molecule has 4 rings (SSSR count). The number of hydrogen-bond donors (Lipinski definition) is 0. The Balaban J connectivity index is 2.01. The van der Waals surface area contributed by atoms with Crippen molar-refractivity contribution in [2.45, 2.75) is 10.9 Å². The molecule has 3 heteroatoms. The number of rotatable bonds is 4. The zero-order valence-electron chi connectivity index (χ0n) is 14.3. The fourth-order valence-electron chi connectivity index (χ4n) is 4.11. The van der Waals surface area contributed by atoms with Crippen molar-refractivity contribution in [3.63, 3.8) is 0 Å². The third-order valence-corrected chi connectivity index (χ3v) is 8.58. The van der Waals surface area contributed by atoms with Crippen molar-refractivity contribution in [2.24, 2.45) is 0 Å². The third-order valence-electron chi connectivity index (χ3n) is 5.24. The lowest BCUT2D eigenvalue weighted by Crippen LogP contribution is -2.73. The van der Waals surface area contributed by atoms with Crippen LogP contribution in [0, 0.1) is 0 Å². The van der Waals surface area contributed by atoms with Gasteiger partial charge < -0.3 is 0 Å². The first-order valence-corrected chi connectivity index (χ1v) is 11.1. The van der Waals surface area contributed by atoms with Crippen LogP contribution >= 0.6 is 23.5 Å².